The number of hydrogen-bond acceptors (Lipinski definition) is 4. The molecule has 0 aromatic carbocycles. The van der Waals surface area contributed by atoms with Crippen LogP contribution in [0.25, 0.3) is 0 Å². The van der Waals surface area contributed by atoms with Crippen molar-refractivity contribution in [1.29, 1.82) is 0 Å². The Morgan fingerprint density at radius 3 is 2.72 bits per heavy atom. The number of pyridine rings is 2. The second-order valence-corrected chi connectivity index (χ2v) is 6.35. The quantitative estimate of drug-likeness (QED) is 0.768. The summed E-state index contributed by atoms with van der Waals surface area (Å²) in [5, 5.41) is 0. The number of hydrogen-bond donors (Lipinski definition) is 0. The van der Waals surface area contributed by atoms with Gasteiger partial charge in [0.05, 0.1) is 16.6 Å². The molecule has 5 nitrogen and oxygen atoms in total. The van der Waals surface area contributed by atoms with E-state index in [-0.39, 0.29) is 17.6 Å². The van der Waals surface area contributed by atoms with Crippen LogP contribution in [0.5, 0.6) is 5.88 Å². The monoisotopic (exact) mass is 415 g/mol. The molecule has 0 spiro atoms. The smallest absolute Gasteiger partial charge is 0.433 e. The van der Waals surface area contributed by atoms with Crippen LogP contribution in [0.1, 0.15) is 22.5 Å². The zero-order valence-corrected chi connectivity index (χ0v) is 14.4. The minimum atomic E-state index is -4.52. The maximum Gasteiger partial charge on any atom is 0.433 e. The van der Waals surface area contributed by atoms with E-state index < -0.39 is 11.9 Å². The zero-order chi connectivity index (χ0) is 18.0. The lowest BCUT2D eigenvalue weighted by molar-refractivity contribution is -0.141. The van der Waals surface area contributed by atoms with Crippen molar-refractivity contribution in [1.82, 2.24) is 14.9 Å². The number of likely N-dealkylation sites (tertiary alicyclic amines) is 1. The number of carbonyl (C=O) groups excluding carboxylic acids is 1. The maximum atomic E-state index is 12.5. The lowest BCUT2D eigenvalue weighted by Crippen LogP contribution is -2.31. The first-order chi connectivity index (χ1) is 11.8. The van der Waals surface area contributed by atoms with E-state index in [2.05, 4.69) is 25.9 Å². The molecule has 0 bridgehead atoms. The summed E-state index contributed by atoms with van der Waals surface area (Å²) in [6, 6.07) is 5.51. The molecule has 1 atom stereocenters. The van der Waals surface area contributed by atoms with E-state index in [0.717, 1.165) is 18.3 Å². The molecule has 2 aromatic rings. The number of carbonyl (C=O) groups is 1. The van der Waals surface area contributed by atoms with Crippen LogP contribution in [-0.4, -0.2) is 40.0 Å². The van der Waals surface area contributed by atoms with Crippen LogP contribution < -0.4 is 4.74 Å². The van der Waals surface area contributed by atoms with Gasteiger partial charge in [0.15, 0.2) is 0 Å². The molecule has 0 N–H and O–H groups in total. The molecule has 0 saturated carbocycles. The first kappa shape index (κ1) is 17.7. The van der Waals surface area contributed by atoms with Crippen molar-refractivity contribution in [3.63, 3.8) is 0 Å². The standard InChI is InChI=1S/C16H13BrF3N3O2/c17-12-2-1-6-21-14(12)25-11-5-7-23(9-11)15(24)10-3-4-13(22-8-10)16(18,19)20/h1-4,6,8,11H,5,7,9H2. The summed E-state index contributed by atoms with van der Waals surface area (Å²) in [6.07, 6.45) is -1.58. The van der Waals surface area contributed by atoms with Crippen LogP contribution in [-0.2, 0) is 6.18 Å². The highest BCUT2D eigenvalue weighted by Gasteiger charge is 2.33. The molecule has 1 unspecified atom stereocenters. The van der Waals surface area contributed by atoms with Gasteiger partial charge in [0.25, 0.3) is 5.91 Å². The van der Waals surface area contributed by atoms with Crippen LogP contribution in [0, 0.1) is 0 Å². The zero-order valence-electron chi connectivity index (χ0n) is 12.8. The summed E-state index contributed by atoms with van der Waals surface area (Å²) in [6.45, 7) is 0.790. The predicted molar refractivity (Wildman–Crippen MR) is 86.1 cm³/mol. The van der Waals surface area contributed by atoms with E-state index in [1.165, 1.54) is 4.90 Å². The molecule has 9 heteroatoms. The Hall–Kier alpha value is -2.16. The van der Waals surface area contributed by atoms with Gasteiger partial charge in [-0.3, -0.25) is 9.78 Å². The average molecular weight is 416 g/mol. The predicted octanol–water partition coefficient (Wildman–Crippen LogP) is 3.55. The molecule has 3 heterocycles. The normalized spacial score (nSPS) is 17.6. The van der Waals surface area contributed by atoms with Crippen LogP contribution >= 0.6 is 15.9 Å². The van der Waals surface area contributed by atoms with Crippen molar-refractivity contribution < 1.29 is 22.7 Å². The average Bonchev–Trinajstić information content (AvgIpc) is 3.04. The first-order valence-corrected chi connectivity index (χ1v) is 8.23. The number of nitrogens with zero attached hydrogens (tertiary/aromatic N) is 3. The molecule has 0 aliphatic carbocycles. The topological polar surface area (TPSA) is 55.3 Å². The Morgan fingerprint density at radius 2 is 2.08 bits per heavy atom. The molecule has 0 radical (unpaired) electrons. The second-order valence-electron chi connectivity index (χ2n) is 5.50. The Morgan fingerprint density at radius 1 is 1.28 bits per heavy atom. The molecule has 1 amide bonds. The fraction of sp³-hybridized carbons (Fsp3) is 0.312. The van der Waals surface area contributed by atoms with Gasteiger partial charge >= 0.3 is 6.18 Å². The van der Waals surface area contributed by atoms with Gasteiger partial charge in [-0.25, -0.2) is 4.98 Å². The second kappa shape index (κ2) is 6.99. The van der Waals surface area contributed by atoms with Crippen molar-refractivity contribution in [3.8, 4) is 5.88 Å². The third-order valence-electron chi connectivity index (χ3n) is 3.74. The lowest BCUT2D eigenvalue weighted by atomic mass is 10.2. The molecular weight excluding hydrogens is 403 g/mol. The van der Waals surface area contributed by atoms with Crippen LogP contribution in [0.2, 0.25) is 0 Å². The van der Waals surface area contributed by atoms with Gasteiger partial charge in [-0.05, 0) is 40.2 Å². The van der Waals surface area contributed by atoms with E-state index in [0.29, 0.717) is 29.9 Å². The van der Waals surface area contributed by atoms with E-state index in [1.54, 1.807) is 18.3 Å². The summed E-state index contributed by atoms with van der Waals surface area (Å²) in [7, 11) is 0. The molecule has 25 heavy (non-hydrogen) atoms. The van der Waals surface area contributed by atoms with Gasteiger partial charge in [0.2, 0.25) is 5.88 Å². The molecule has 132 valence electrons. The fourth-order valence-corrected chi connectivity index (χ4v) is 2.84. The van der Waals surface area contributed by atoms with Gasteiger partial charge in [-0.1, -0.05) is 0 Å². The Balaban J connectivity index is 1.63. The summed E-state index contributed by atoms with van der Waals surface area (Å²) >= 11 is 3.34. The van der Waals surface area contributed by atoms with E-state index in [9.17, 15) is 18.0 Å². The number of alkyl halides is 3. The molecular formula is C16H13BrF3N3O2. The van der Waals surface area contributed by atoms with Crippen molar-refractivity contribution in [2.75, 3.05) is 13.1 Å². The van der Waals surface area contributed by atoms with Crippen molar-refractivity contribution in [3.05, 3.63) is 52.4 Å². The molecule has 2 aromatic heterocycles. The van der Waals surface area contributed by atoms with Crippen molar-refractivity contribution in [2.24, 2.45) is 0 Å². The maximum absolute atomic E-state index is 12.5. The van der Waals surface area contributed by atoms with Gasteiger partial charge in [-0.15, -0.1) is 0 Å². The van der Waals surface area contributed by atoms with Gasteiger partial charge in [-0.2, -0.15) is 13.2 Å². The number of aromatic nitrogens is 2. The highest BCUT2D eigenvalue weighted by molar-refractivity contribution is 9.10. The Bertz CT molecular complexity index is 768. The third kappa shape index (κ3) is 4.09. The van der Waals surface area contributed by atoms with Gasteiger partial charge in [0, 0.05) is 25.4 Å². The molecule has 3 rings (SSSR count). The number of ether oxygens (including phenoxy) is 1. The molecule has 1 aliphatic heterocycles. The minimum absolute atomic E-state index is 0.118. The summed E-state index contributed by atoms with van der Waals surface area (Å²) in [5.74, 6) is 0.0745. The first-order valence-electron chi connectivity index (χ1n) is 7.44. The van der Waals surface area contributed by atoms with Gasteiger partial charge < -0.3 is 9.64 Å². The van der Waals surface area contributed by atoms with Crippen molar-refractivity contribution >= 4 is 21.8 Å². The van der Waals surface area contributed by atoms with Crippen molar-refractivity contribution in [2.45, 2.75) is 18.7 Å². The number of rotatable bonds is 3. The minimum Gasteiger partial charge on any atom is -0.472 e. The molecule has 1 aliphatic rings. The van der Waals surface area contributed by atoms with E-state index in [1.807, 2.05) is 0 Å². The fourth-order valence-electron chi connectivity index (χ4n) is 2.50. The van der Waals surface area contributed by atoms with Crippen LogP contribution in [0.3, 0.4) is 0 Å². The highest BCUT2D eigenvalue weighted by Crippen LogP contribution is 2.28. The SMILES string of the molecule is O=C(c1ccc(C(F)(F)F)nc1)N1CCC(Oc2ncccc2Br)C1. The van der Waals surface area contributed by atoms with Gasteiger partial charge in [0.1, 0.15) is 11.8 Å². The summed E-state index contributed by atoms with van der Waals surface area (Å²) in [4.78, 5) is 21.4. The summed E-state index contributed by atoms with van der Waals surface area (Å²) < 4.78 is 44.1. The lowest BCUT2D eigenvalue weighted by Gasteiger charge is -2.17. The largest absolute Gasteiger partial charge is 0.472 e. The molecule has 1 saturated heterocycles. The van der Waals surface area contributed by atoms with E-state index >= 15 is 0 Å². The number of amides is 1. The third-order valence-corrected chi connectivity index (χ3v) is 4.34. The number of halogens is 4. The highest BCUT2D eigenvalue weighted by atomic mass is 79.9. The Kier molecular flexibility index (Phi) is 4.94. The molecule has 1 fully saturated rings. The Labute approximate surface area is 150 Å². The van der Waals surface area contributed by atoms with Crippen LogP contribution in [0.15, 0.2) is 41.1 Å². The van der Waals surface area contributed by atoms with E-state index in [4.69, 9.17) is 4.74 Å². The summed E-state index contributed by atoms with van der Waals surface area (Å²) in [5.41, 5.74) is -0.903. The van der Waals surface area contributed by atoms with Crippen LogP contribution in [0.4, 0.5) is 13.2 Å².